The van der Waals surface area contributed by atoms with E-state index in [4.69, 9.17) is 0 Å². The van der Waals surface area contributed by atoms with Crippen LogP contribution in [0.1, 0.15) is 25.6 Å². The van der Waals surface area contributed by atoms with Gasteiger partial charge < -0.3 is 9.88 Å². The number of ketones is 1. The van der Waals surface area contributed by atoms with Crippen molar-refractivity contribution in [3.05, 3.63) is 30.1 Å². The molecule has 106 valence electrons. The molecular formula is C16H21N3O. The number of hydrogen-bond donors (Lipinski definition) is 1. The number of nitrogens with zero attached hydrogens (tertiary/aromatic N) is 2. The van der Waals surface area contributed by atoms with Crippen molar-refractivity contribution in [2.24, 2.45) is 5.92 Å². The van der Waals surface area contributed by atoms with E-state index in [1.165, 1.54) is 0 Å². The number of aryl methyl sites for hydroxylation is 1. The van der Waals surface area contributed by atoms with Crippen LogP contribution >= 0.6 is 0 Å². The second-order valence-corrected chi connectivity index (χ2v) is 5.50. The zero-order chi connectivity index (χ0) is 13.9. The Hall–Kier alpha value is -1.68. The van der Waals surface area contributed by atoms with Gasteiger partial charge in [0, 0.05) is 19.0 Å². The van der Waals surface area contributed by atoms with Gasteiger partial charge >= 0.3 is 0 Å². The van der Waals surface area contributed by atoms with Gasteiger partial charge in [-0.05, 0) is 31.5 Å². The molecule has 2 heterocycles. The lowest BCUT2D eigenvalue weighted by Crippen LogP contribution is -2.21. The summed E-state index contributed by atoms with van der Waals surface area (Å²) in [7, 11) is 0. The highest BCUT2D eigenvalue weighted by Crippen LogP contribution is 2.19. The Morgan fingerprint density at radius 3 is 3.05 bits per heavy atom. The smallest absolute Gasteiger partial charge is 0.144 e. The lowest BCUT2D eigenvalue weighted by Gasteiger charge is -2.09. The number of fused-ring (bicyclic) bond motifs is 1. The Morgan fingerprint density at radius 1 is 1.45 bits per heavy atom. The number of hydrogen-bond acceptors (Lipinski definition) is 3. The molecule has 1 aliphatic heterocycles. The van der Waals surface area contributed by atoms with Crippen LogP contribution in [0.25, 0.3) is 11.0 Å². The maximum absolute atomic E-state index is 12.4. The van der Waals surface area contributed by atoms with E-state index in [0.717, 1.165) is 49.3 Å². The number of carbonyl (C=O) groups excluding carboxylic acids is 1. The van der Waals surface area contributed by atoms with E-state index in [-0.39, 0.29) is 5.92 Å². The molecule has 20 heavy (non-hydrogen) atoms. The van der Waals surface area contributed by atoms with Crippen molar-refractivity contribution >= 4 is 16.8 Å². The van der Waals surface area contributed by atoms with Crippen LogP contribution in [0.15, 0.2) is 24.3 Å². The van der Waals surface area contributed by atoms with Gasteiger partial charge in [-0.25, -0.2) is 4.98 Å². The number of carbonyl (C=O) groups is 1. The highest BCUT2D eigenvalue weighted by molar-refractivity contribution is 5.84. The Morgan fingerprint density at radius 2 is 2.30 bits per heavy atom. The van der Waals surface area contributed by atoms with E-state index in [9.17, 15) is 4.79 Å². The lowest BCUT2D eigenvalue weighted by atomic mass is 10.0. The topological polar surface area (TPSA) is 46.9 Å². The zero-order valence-electron chi connectivity index (χ0n) is 11.9. The zero-order valence-corrected chi connectivity index (χ0v) is 11.9. The molecule has 0 spiro atoms. The molecule has 2 aromatic rings. The standard InChI is InChI=1S/C16H21N3O/c1-2-9-19-14-6-4-3-5-13(14)18-16(19)10-15(20)12-7-8-17-11-12/h3-6,12,17H,2,7-11H2,1H3. The summed E-state index contributed by atoms with van der Waals surface area (Å²) in [4.78, 5) is 17.0. The summed E-state index contributed by atoms with van der Waals surface area (Å²) in [5.41, 5.74) is 2.13. The molecule has 0 aliphatic carbocycles. The van der Waals surface area contributed by atoms with Gasteiger partial charge in [-0.3, -0.25) is 4.79 Å². The molecule has 0 radical (unpaired) electrons. The molecule has 1 fully saturated rings. The molecule has 1 aromatic carbocycles. The van der Waals surface area contributed by atoms with Crippen molar-refractivity contribution in [1.82, 2.24) is 14.9 Å². The quantitative estimate of drug-likeness (QED) is 0.906. The van der Waals surface area contributed by atoms with Crippen LogP contribution in [-0.2, 0) is 17.8 Å². The third kappa shape index (κ3) is 2.48. The lowest BCUT2D eigenvalue weighted by molar-refractivity contribution is -0.121. The molecule has 4 heteroatoms. The third-order valence-electron chi connectivity index (χ3n) is 4.03. The first kappa shape index (κ1) is 13.3. The van der Waals surface area contributed by atoms with E-state index < -0.39 is 0 Å². The van der Waals surface area contributed by atoms with Crippen LogP contribution in [0.2, 0.25) is 0 Å². The van der Waals surface area contributed by atoms with Crippen LogP contribution in [0.4, 0.5) is 0 Å². The van der Waals surface area contributed by atoms with Crippen LogP contribution in [-0.4, -0.2) is 28.4 Å². The molecule has 1 aliphatic rings. The summed E-state index contributed by atoms with van der Waals surface area (Å²) in [6.45, 7) is 4.86. The molecule has 1 aromatic heterocycles. The summed E-state index contributed by atoms with van der Waals surface area (Å²) in [6.07, 6.45) is 2.47. The minimum absolute atomic E-state index is 0.171. The van der Waals surface area contributed by atoms with Crippen LogP contribution in [0, 0.1) is 5.92 Å². The largest absolute Gasteiger partial charge is 0.328 e. The van der Waals surface area contributed by atoms with Crippen molar-refractivity contribution in [2.45, 2.75) is 32.7 Å². The first-order valence-corrected chi connectivity index (χ1v) is 7.47. The van der Waals surface area contributed by atoms with Gasteiger partial charge in [0.2, 0.25) is 0 Å². The SMILES string of the molecule is CCCn1c(CC(=O)C2CCNC2)nc2ccccc21. The maximum Gasteiger partial charge on any atom is 0.144 e. The minimum atomic E-state index is 0.171. The molecule has 1 N–H and O–H groups in total. The van der Waals surface area contributed by atoms with Crippen LogP contribution < -0.4 is 5.32 Å². The highest BCUT2D eigenvalue weighted by atomic mass is 16.1. The fourth-order valence-corrected chi connectivity index (χ4v) is 2.96. The van der Waals surface area contributed by atoms with Crippen LogP contribution in [0.5, 0.6) is 0 Å². The molecule has 1 saturated heterocycles. The van der Waals surface area contributed by atoms with Gasteiger partial charge in [-0.15, -0.1) is 0 Å². The average Bonchev–Trinajstić information content (AvgIpc) is 3.08. The van der Waals surface area contributed by atoms with E-state index >= 15 is 0 Å². The second-order valence-electron chi connectivity index (χ2n) is 5.50. The number of rotatable bonds is 5. The molecule has 0 bridgehead atoms. The number of aromatic nitrogens is 2. The van der Waals surface area contributed by atoms with Gasteiger partial charge in [0.1, 0.15) is 11.6 Å². The van der Waals surface area contributed by atoms with Crippen molar-refractivity contribution in [2.75, 3.05) is 13.1 Å². The first-order chi connectivity index (χ1) is 9.79. The fraction of sp³-hybridized carbons (Fsp3) is 0.500. The van der Waals surface area contributed by atoms with Gasteiger partial charge in [0.25, 0.3) is 0 Å². The Balaban J connectivity index is 1.89. The predicted octanol–water partition coefficient (Wildman–Crippen LogP) is 2.17. The number of benzene rings is 1. The summed E-state index contributed by atoms with van der Waals surface area (Å²) in [5, 5.41) is 3.26. The third-order valence-corrected chi connectivity index (χ3v) is 4.03. The Labute approximate surface area is 119 Å². The summed E-state index contributed by atoms with van der Waals surface area (Å²) in [5.74, 6) is 1.41. The van der Waals surface area contributed by atoms with E-state index in [0.29, 0.717) is 12.2 Å². The number of imidazole rings is 1. The summed E-state index contributed by atoms with van der Waals surface area (Å²) in [6, 6.07) is 8.14. The molecule has 4 nitrogen and oxygen atoms in total. The molecule has 0 amide bonds. The fourth-order valence-electron chi connectivity index (χ4n) is 2.96. The number of nitrogens with one attached hydrogen (secondary N) is 1. The van der Waals surface area contributed by atoms with Crippen molar-refractivity contribution in [1.29, 1.82) is 0 Å². The Kier molecular flexibility index (Phi) is 3.83. The van der Waals surface area contributed by atoms with E-state index in [1.54, 1.807) is 0 Å². The summed E-state index contributed by atoms with van der Waals surface area (Å²) >= 11 is 0. The average molecular weight is 271 g/mol. The normalized spacial score (nSPS) is 18.8. The second kappa shape index (κ2) is 5.75. The number of para-hydroxylation sites is 2. The van der Waals surface area contributed by atoms with E-state index in [2.05, 4.69) is 27.9 Å². The van der Waals surface area contributed by atoms with Crippen LogP contribution in [0.3, 0.4) is 0 Å². The van der Waals surface area contributed by atoms with Crippen molar-refractivity contribution in [3.8, 4) is 0 Å². The predicted molar refractivity (Wildman–Crippen MR) is 79.7 cm³/mol. The number of Topliss-reactive ketones (excluding diaryl/α,β-unsaturated/α-hetero) is 1. The molecular weight excluding hydrogens is 250 g/mol. The monoisotopic (exact) mass is 271 g/mol. The van der Waals surface area contributed by atoms with E-state index in [1.807, 2.05) is 18.2 Å². The molecule has 1 atom stereocenters. The first-order valence-electron chi connectivity index (χ1n) is 7.47. The molecule has 3 rings (SSSR count). The van der Waals surface area contributed by atoms with Gasteiger partial charge in [-0.1, -0.05) is 19.1 Å². The van der Waals surface area contributed by atoms with Gasteiger partial charge in [-0.2, -0.15) is 0 Å². The van der Waals surface area contributed by atoms with Crippen molar-refractivity contribution in [3.63, 3.8) is 0 Å². The van der Waals surface area contributed by atoms with Gasteiger partial charge in [0.15, 0.2) is 0 Å². The molecule has 0 saturated carbocycles. The maximum atomic E-state index is 12.4. The molecule has 1 unspecified atom stereocenters. The van der Waals surface area contributed by atoms with Crippen molar-refractivity contribution < 1.29 is 4.79 Å². The summed E-state index contributed by atoms with van der Waals surface area (Å²) < 4.78 is 2.20. The highest BCUT2D eigenvalue weighted by Gasteiger charge is 2.24. The minimum Gasteiger partial charge on any atom is -0.328 e. The Bertz CT molecular complexity index is 611. The van der Waals surface area contributed by atoms with Gasteiger partial charge in [0.05, 0.1) is 17.5 Å².